The number of ether oxygens (including phenoxy) is 1. The second-order valence-corrected chi connectivity index (χ2v) is 9.09. The lowest BCUT2D eigenvalue weighted by Gasteiger charge is -2.09. The van der Waals surface area contributed by atoms with E-state index in [0.29, 0.717) is 16.9 Å². The van der Waals surface area contributed by atoms with Crippen molar-refractivity contribution in [2.45, 2.75) is 13.3 Å². The van der Waals surface area contributed by atoms with E-state index in [-0.39, 0.29) is 30.1 Å². The highest BCUT2D eigenvalue weighted by Crippen LogP contribution is 2.22. The molecule has 0 aliphatic heterocycles. The van der Waals surface area contributed by atoms with Crippen molar-refractivity contribution in [1.29, 1.82) is 0 Å². The molecule has 3 aromatic rings. The third-order valence-corrected chi connectivity index (χ3v) is 6.03. The van der Waals surface area contributed by atoms with Crippen LogP contribution in [0.2, 0.25) is 0 Å². The van der Waals surface area contributed by atoms with Crippen LogP contribution in [-0.4, -0.2) is 37.1 Å². The molecule has 1 aromatic heterocycles. The Bertz CT molecular complexity index is 1220. The minimum absolute atomic E-state index is 0.00543. The van der Waals surface area contributed by atoms with Gasteiger partial charge in [0.1, 0.15) is 12.4 Å². The molecule has 0 atom stereocenters. The molecule has 3 rings (SSSR count). The molecule has 0 saturated heterocycles. The maximum absolute atomic E-state index is 15.0. The van der Waals surface area contributed by atoms with Crippen LogP contribution < -0.4 is 4.72 Å². The lowest BCUT2D eigenvalue weighted by atomic mass is 10.0. The first-order chi connectivity index (χ1) is 15.2. The molecule has 1 N–H and O–H groups in total. The van der Waals surface area contributed by atoms with E-state index in [2.05, 4.69) is 9.46 Å². The van der Waals surface area contributed by atoms with Gasteiger partial charge in [0.2, 0.25) is 10.0 Å². The van der Waals surface area contributed by atoms with E-state index < -0.39 is 21.8 Å². The minimum Gasteiger partial charge on any atom is -0.465 e. The van der Waals surface area contributed by atoms with Crippen molar-refractivity contribution < 1.29 is 27.1 Å². The lowest BCUT2D eigenvalue weighted by molar-refractivity contribution is -0.140. The fourth-order valence-corrected chi connectivity index (χ4v) is 4.05. The number of hydrogen-bond donors (Lipinski definition) is 1. The van der Waals surface area contributed by atoms with Crippen LogP contribution in [0.1, 0.15) is 34.1 Å². The quantitative estimate of drug-likeness (QED) is 0.392. The molecule has 0 radical (unpaired) electrons. The van der Waals surface area contributed by atoms with Crippen LogP contribution in [0.5, 0.6) is 0 Å². The van der Waals surface area contributed by atoms with Crippen LogP contribution in [0.4, 0.5) is 10.1 Å². The largest absolute Gasteiger partial charge is 0.465 e. The highest BCUT2D eigenvalue weighted by molar-refractivity contribution is 7.92. The van der Waals surface area contributed by atoms with Crippen molar-refractivity contribution >= 4 is 27.5 Å². The zero-order valence-electron chi connectivity index (χ0n) is 17.7. The molecule has 0 spiro atoms. The average Bonchev–Trinajstić information content (AvgIpc) is 3.02. The fraction of sp³-hybridized carbons (Fsp3) is 0.217. The van der Waals surface area contributed by atoms with Gasteiger partial charge in [0.25, 0.3) is 0 Å². The molecule has 0 aliphatic carbocycles. The van der Waals surface area contributed by atoms with E-state index in [1.165, 1.54) is 13.1 Å². The Labute approximate surface area is 185 Å². The number of nitrogens with one attached hydrogen (secondary N) is 1. The SMILES string of the molecule is CC(=O)OCCS(=O)(=O)Nc1ccc(Cc2c(F)c(C(=O)c3ccccc3)cn2C)cc1. The third-order valence-electron chi connectivity index (χ3n) is 4.78. The van der Waals surface area contributed by atoms with Gasteiger partial charge >= 0.3 is 5.97 Å². The summed E-state index contributed by atoms with van der Waals surface area (Å²) in [5.74, 6) is -1.87. The monoisotopic (exact) mass is 458 g/mol. The van der Waals surface area contributed by atoms with Crippen LogP contribution in [0.15, 0.2) is 60.8 Å². The van der Waals surface area contributed by atoms with Gasteiger partial charge in [-0.15, -0.1) is 0 Å². The van der Waals surface area contributed by atoms with Crippen molar-refractivity contribution in [3.8, 4) is 0 Å². The number of ketones is 1. The number of carbonyl (C=O) groups excluding carboxylic acids is 2. The number of benzene rings is 2. The zero-order chi connectivity index (χ0) is 23.3. The summed E-state index contributed by atoms with van der Waals surface area (Å²) in [4.78, 5) is 23.4. The summed E-state index contributed by atoms with van der Waals surface area (Å²) >= 11 is 0. The number of nitrogens with zero attached hydrogens (tertiary/aromatic N) is 1. The third kappa shape index (κ3) is 5.82. The van der Waals surface area contributed by atoms with Gasteiger partial charge in [-0.05, 0) is 17.7 Å². The van der Waals surface area contributed by atoms with Crippen molar-refractivity contribution in [2.24, 2.45) is 7.05 Å². The van der Waals surface area contributed by atoms with Gasteiger partial charge in [0.05, 0.1) is 11.3 Å². The van der Waals surface area contributed by atoms with Gasteiger partial charge in [-0.3, -0.25) is 14.3 Å². The maximum Gasteiger partial charge on any atom is 0.302 e. The maximum atomic E-state index is 15.0. The van der Waals surface area contributed by atoms with Crippen molar-refractivity contribution in [1.82, 2.24) is 4.57 Å². The van der Waals surface area contributed by atoms with Crippen molar-refractivity contribution in [3.63, 3.8) is 0 Å². The summed E-state index contributed by atoms with van der Waals surface area (Å²) in [6, 6.07) is 15.0. The Morgan fingerprint density at radius 1 is 1.06 bits per heavy atom. The molecule has 7 nitrogen and oxygen atoms in total. The Kier molecular flexibility index (Phi) is 7.09. The number of halogens is 1. The highest BCUT2D eigenvalue weighted by Gasteiger charge is 2.21. The van der Waals surface area contributed by atoms with E-state index in [1.807, 2.05) is 0 Å². The predicted molar refractivity (Wildman–Crippen MR) is 119 cm³/mol. The fourth-order valence-electron chi connectivity index (χ4n) is 3.15. The summed E-state index contributed by atoms with van der Waals surface area (Å²) < 4.78 is 47.7. The van der Waals surface area contributed by atoms with Crippen LogP contribution in [0.3, 0.4) is 0 Å². The molecular weight excluding hydrogens is 435 g/mol. The second kappa shape index (κ2) is 9.78. The number of anilines is 1. The Morgan fingerprint density at radius 2 is 1.72 bits per heavy atom. The first kappa shape index (κ1) is 23.2. The van der Waals surface area contributed by atoms with Crippen LogP contribution >= 0.6 is 0 Å². The Balaban J connectivity index is 1.70. The van der Waals surface area contributed by atoms with E-state index in [9.17, 15) is 18.0 Å². The molecule has 0 unspecified atom stereocenters. The molecule has 2 aromatic carbocycles. The average molecular weight is 459 g/mol. The van der Waals surface area contributed by atoms with Gasteiger partial charge < -0.3 is 9.30 Å². The summed E-state index contributed by atoms with van der Waals surface area (Å²) in [5, 5.41) is 0. The molecule has 0 saturated carbocycles. The summed E-state index contributed by atoms with van der Waals surface area (Å²) in [6.07, 6.45) is 1.70. The van der Waals surface area contributed by atoms with E-state index in [0.717, 1.165) is 5.56 Å². The van der Waals surface area contributed by atoms with Crippen molar-refractivity contribution in [2.75, 3.05) is 17.1 Å². The smallest absolute Gasteiger partial charge is 0.302 e. The number of hydrogen-bond acceptors (Lipinski definition) is 5. The number of sulfonamides is 1. The molecule has 168 valence electrons. The van der Waals surface area contributed by atoms with Crippen LogP contribution in [0, 0.1) is 5.82 Å². The lowest BCUT2D eigenvalue weighted by Crippen LogP contribution is -2.21. The predicted octanol–water partition coefficient (Wildman–Crippen LogP) is 3.29. The van der Waals surface area contributed by atoms with E-state index in [4.69, 9.17) is 0 Å². The Hall–Kier alpha value is -3.46. The molecule has 9 heteroatoms. The van der Waals surface area contributed by atoms with Gasteiger partial charge in [-0.2, -0.15) is 0 Å². The van der Waals surface area contributed by atoms with Crippen LogP contribution in [0.25, 0.3) is 0 Å². The molecule has 1 heterocycles. The van der Waals surface area contributed by atoms with Gasteiger partial charge in [0, 0.05) is 37.8 Å². The van der Waals surface area contributed by atoms with E-state index >= 15 is 4.39 Å². The van der Waals surface area contributed by atoms with Crippen molar-refractivity contribution in [3.05, 3.63) is 89.0 Å². The standard InChI is InChI=1S/C23H23FN2O5S/c1-16(27)31-12-13-32(29,30)25-19-10-8-17(9-11-19)14-21-22(24)20(15-26(21)2)23(28)18-6-4-3-5-7-18/h3-11,15,25H,12-14H2,1-2H3. The van der Waals surface area contributed by atoms with Gasteiger partial charge in [-0.1, -0.05) is 42.5 Å². The molecule has 0 bridgehead atoms. The number of aryl methyl sites for hydroxylation is 1. The van der Waals surface area contributed by atoms with Crippen LogP contribution in [-0.2, 0) is 33.0 Å². The first-order valence-corrected chi connectivity index (χ1v) is 11.5. The van der Waals surface area contributed by atoms with Gasteiger partial charge in [0.15, 0.2) is 11.6 Å². The zero-order valence-corrected chi connectivity index (χ0v) is 18.5. The minimum atomic E-state index is -3.68. The second-order valence-electron chi connectivity index (χ2n) is 7.24. The molecular formula is C23H23FN2O5S. The highest BCUT2D eigenvalue weighted by atomic mass is 32.2. The number of esters is 1. The summed E-state index contributed by atoms with van der Waals surface area (Å²) in [6.45, 7) is 0.967. The normalized spacial score (nSPS) is 11.2. The number of aromatic nitrogens is 1. The molecule has 0 fully saturated rings. The first-order valence-electron chi connectivity index (χ1n) is 9.82. The molecule has 0 amide bonds. The molecule has 0 aliphatic rings. The van der Waals surface area contributed by atoms with E-state index in [1.54, 1.807) is 66.2 Å². The Morgan fingerprint density at radius 3 is 2.34 bits per heavy atom. The number of carbonyl (C=O) groups is 2. The summed E-state index contributed by atoms with van der Waals surface area (Å²) in [5.41, 5.74) is 1.84. The number of rotatable bonds is 9. The molecule has 32 heavy (non-hydrogen) atoms. The summed E-state index contributed by atoms with van der Waals surface area (Å²) in [7, 11) is -2.00. The van der Waals surface area contributed by atoms with Gasteiger partial charge in [-0.25, -0.2) is 12.8 Å². The topological polar surface area (TPSA) is 94.5 Å².